The Bertz CT molecular complexity index is 2930. The van der Waals surface area contributed by atoms with Crippen LogP contribution in [0.3, 0.4) is 0 Å². The lowest BCUT2D eigenvalue weighted by molar-refractivity contribution is -0.401. The van der Waals surface area contributed by atoms with Gasteiger partial charge in [0.1, 0.15) is 7.05 Å². The van der Waals surface area contributed by atoms with E-state index in [1.165, 1.54) is 30.5 Å². The second-order valence-electron chi connectivity index (χ2n) is 18.3. The molecule has 3 aliphatic heterocycles. The fourth-order valence-electron chi connectivity index (χ4n) is 9.20. The molecule has 346 valence electrons. The van der Waals surface area contributed by atoms with Crippen LogP contribution in [0, 0.1) is 11.8 Å². The van der Waals surface area contributed by atoms with Gasteiger partial charge in [-0.3, -0.25) is 14.1 Å². The zero-order valence-corrected chi connectivity index (χ0v) is 40.2. The van der Waals surface area contributed by atoms with Crippen LogP contribution in [0.15, 0.2) is 123 Å². The molecule has 3 aromatic rings. The average Bonchev–Trinajstić information content (AvgIpc) is 3.77. The third kappa shape index (κ3) is 9.64. The van der Waals surface area contributed by atoms with Crippen LogP contribution >= 0.6 is 0 Å². The Morgan fingerprint density at radius 1 is 0.818 bits per heavy atom. The molecule has 1 saturated heterocycles. The summed E-state index contributed by atoms with van der Waals surface area (Å²) in [5.74, 6) is 5.23. The number of amides is 2. The van der Waals surface area contributed by atoms with Gasteiger partial charge in [-0.05, 0) is 111 Å². The Hall–Kier alpha value is -5.92. The molecule has 66 heavy (non-hydrogen) atoms. The molecule has 1 fully saturated rings. The minimum absolute atomic E-state index is 0.0253. The Morgan fingerprint density at radius 3 is 2.18 bits per heavy atom. The SMILES string of the molecule is CN(C)S(=O)(=O)c1ccc2c(c1)C(C)(C)C(/C=C/C1=C(C#Cc3ccccc3)C(=C\C=C3/N(CCCCCC(=O)ON4C(=O)CCC4=O)c4ccc(S(=O)(=O)O)cc4C3(C)C)/CCC1)=[N+]2C. The van der Waals surface area contributed by atoms with Gasteiger partial charge in [-0.1, -0.05) is 62.5 Å². The molecule has 4 aliphatic rings. The molecule has 0 unspecified atom stereocenters. The van der Waals surface area contributed by atoms with Gasteiger partial charge in [-0.25, -0.2) is 17.5 Å². The first-order valence-corrected chi connectivity index (χ1v) is 25.0. The number of unbranched alkanes of at least 4 members (excludes halogenated alkanes) is 2. The highest BCUT2D eigenvalue weighted by Crippen LogP contribution is 2.49. The summed E-state index contributed by atoms with van der Waals surface area (Å²) >= 11 is 0. The van der Waals surface area contributed by atoms with E-state index in [1.807, 2.05) is 57.3 Å². The summed E-state index contributed by atoms with van der Waals surface area (Å²) in [6, 6.07) is 19.8. The number of benzene rings is 3. The highest BCUT2D eigenvalue weighted by molar-refractivity contribution is 7.89. The van der Waals surface area contributed by atoms with Crippen molar-refractivity contribution in [3.8, 4) is 11.8 Å². The highest BCUT2D eigenvalue weighted by Gasteiger charge is 2.44. The molecule has 0 saturated carbocycles. The van der Waals surface area contributed by atoms with E-state index in [0.717, 1.165) is 75.5 Å². The molecule has 15 heteroatoms. The fraction of sp³-hybridized carbons (Fsp3) is 0.373. The maximum atomic E-state index is 13.1. The van der Waals surface area contributed by atoms with E-state index in [4.69, 9.17) is 4.84 Å². The number of hydrogen-bond donors (Lipinski definition) is 1. The van der Waals surface area contributed by atoms with Crippen molar-refractivity contribution in [1.29, 1.82) is 0 Å². The zero-order valence-electron chi connectivity index (χ0n) is 38.5. The molecule has 0 bridgehead atoms. The summed E-state index contributed by atoms with van der Waals surface area (Å²) in [6.07, 6.45) is 12.7. The maximum absolute atomic E-state index is 13.1. The summed E-state index contributed by atoms with van der Waals surface area (Å²) in [6.45, 7) is 8.79. The van der Waals surface area contributed by atoms with Crippen molar-refractivity contribution in [2.45, 2.75) is 106 Å². The lowest BCUT2D eigenvalue weighted by Crippen LogP contribution is -2.32. The number of carbonyl (C=O) groups is 3. The number of hydrogen-bond acceptors (Lipinski definition) is 9. The molecule has 0 radical (unpaired) electrons. The molecule has 0 aromatic heterocycles. The van der Waals surface area contributed by atoms with Crippen molar-refractivity contribution in [3.63, 3.8) is 0 Å². The molecular formula is C51H57N4O9S2+. The number of anilines is 1. The first-order chi connectivity index (χ1) is 31.1. The molecule has 1 N–H and O–H groups in total. The van der Waals surface area contributed by atoms with Crippen LogP contribution in [-0.2, 0) is 50.2 Å². The lowest BCUT2D eigenvalue weighted by atomic mass is 9.80. The minimum Gasteiger partial charge on any atom is -0.344 e. The standard InChI is InChI=1S/C51H56N4O9S2/c1-50(2)41-33-38(65(59,60)52(5)6)23-26-43(41)53(7)45(50)28-21-36-17-14-18-37(40(36)25-20-35-15-10-8-11-16-35)22-29-46-51(3,4)42-34-39(66(61,62)63)24-27-44(42)54(46)32-13-9-12-19-49(58)64-55-47(56)30-31-48(55)57/h8,10-11,15-16,21-24,26-29,33-34H,9,12-14,17-19,30-32H2,1-7H3/p+1. The van der Waals surface area contributed by atoms with Crippen molar-refractivity contribution in [1.82, 2.24) is 9.37 Å². The molecule has 1 aliphatic carbocycles. The van der Waals surface area contributed by atoms with Gasteiger partial charge in [0.25, 0.3) is 21.9 Å². The van der Waals surface area contributed by atoms with Crippen LogP contribution in [-0.4, -0.2) is 86.5 Å². The second-order valence-corrected chi connectivity index (χ2v) is 21.8. The third-order valence-electron chi connectivity index (χ3n) is 12.9. The van der Waals surface area contributed by atoms with Gasteiger partial charge in [-0.2, -0.15) is 13.0 Å². The summed E-state index contributed by atoms with van der Waals surface area (Å²) < 4.78 is 64.2. The predicted octanol–water partition coefficient (Wildman–Crippen LogP) is 8.05. The van der Waals surface area contributed by atoms with Gasteiger partial charge < -0.3 is 9.74 Å². The number of hydroxylamine groups is 2. The van der Waals surface area contributed by atoms with Crippen LogP contribution in [0.1, 0.15) is 102 Å². The Morgan fingerprint density at radius 2 is 1.50 bits per heavy atom. The zero-order chi connectivity index (χ0) is 47.8. The van der Waals surface area contributed by atoms with E-state index in [9.17, 15) is 35.8 Å². The van der Waals surface area contributed by atoms with Crippen LogP contribution < -0.4 is 4.90 Å². The fourth-order valence-corrected chi connectivity index (χ4v) is 10.6. The Kier molecular flexibility index (Phi) is 13.6. The van der Waals surface area contributed by atoms with Gasteiger partial charge in [0.2, 0.25) is 15.7 Å². The van der Waals surface area contributed by atoms with E-state index in [0.29, 0.717) is 30.9 Å². The largest absolute Gasteiger partial charge is 0.344 e. The summed E-state index contributed by atoms with van der Waals surface area (Å²) in [7, 11) is -3.06. The molecule has 2 amide bonds. The summed E-state index contributed by atoms with van der Waals surface area (Å²) in [5.41, 5.74) is 8.04. The van der Waals surface area contributed by atoms with E-state index in [-0.39, 0.29) is 29.1 Å². The highest BCUT2D eigenvalue weighted by atomic mass is 32.2. The molecule has 0 spiro atoms. The number of rotatable bonds is 13. The lowest BCUT2D eigenvalue weighted by Gasteiger charge is -2.27. The van der Waals surface area contributed by atoms with Crippen molar-refractivity contribution in [2.24, 2.45) is 0 Å². The van der Waals surface area contributed by atoms with Crippen molar-refractivity contribution < 1.29 is 45.2 Å². The average molecular weight is 934 g/mol. The molecule has 3 heterocycles. The van der Waals surface area contributed by atoms with Gasteiger partial charge >= 0.3 is 5.97 Å². The Labute approximate surface area is 388 Å². The van der Waals surface area contributed by atoms with Gasteiger partial charge in [0.05, 0.1) is 15.2 Å². The first kappa shape index (κ1) is 48.0. The molecule has 7 rings (SSSR count). The number of sulfonamides is 1. The van der Waals surface area contributed by atoms with E-state index in [1.54, 1.807) is 18.2 Å². The number of allylic oxidation sites excluding steroid dienone is 8. The van der Waals surface area contributed by atoms with E-state index in [2.05, 4.69) is 59.5 Å². The smallest absolute Gasteiger partial charge is 0.333 e. The van der Waals surface area contributed by atoms with Crippen molar-refractivity contribution >= 4 is 55.0 Å². The van der Waals surface area contributed by atoms with Gasteiger partial charge in [0.15, 0.2) is 5.71 Å². The van der Waals surface area contributed by atoms with Crippen LogP contribution in [0.25, 0.3) is 0 Å². The quantitative estimate of drug-likeness (QED) is 0.0584. The van der Waals surface area contributed by atoms with Crippen LogP contribution in [0.5, 0.6) is 0 Å². The van der Waals surface area contributed by atoms with E-state index >= 15 is 0 Å². The molecule has 3 aromatic carbocycles. The summed E-state index contributed by atoms with van der Waals surface area (Å²) in [5, 5.41) is 0.559. The predicted molar refractivity (Wildman–Crippen MR) is 253 cm³/mol. The third-order valence-corrected chi connectivity index (χ3v) is 15.6. The number of nitrogens with zero attached hydrogens (tertiary/aromatic N) is 4. The molecule has 13 nitrogen and oxygen atoms in total. The van der Waals surface area contributed by atoms with Crippen molar-refractivity contribution in [3.05, 3.63) is 130 Å². The second kappa shape index (κ2) is 18.8. The van der Waals surface area contributed by atoms with Gasteiger partial charge in [0, 0.05) is 85.5 Å². The summed E-state index contributed by atoms with van der Waals surface area (Å²) in [4.78, 5) is 43.6. The maximum Gasteiger partial charge on any atom is 0.333 e. The van der Waals surface area contributed by atoms with Crippen LogP contribution in [0.4, 0.5) is 11.4 Å². The van der Waals surface area contributed by atoms with Gasteiger partial charge in [-0.15, -0.1) is 5.06 Å². The van der Waals surface area contributed by atoms with Crippen molar-refractivity contribution in [2.75, 3.05) is 32.6 Å². The Balaban J connectivity index is 1.22. The monoisotopic (exact) mass is 933 g/mol. The normalized spacial score (nSPS) is 19.3. The first-order valence-electron chi connectivity index (χ1n) is 22.2. The number of imide groups is 1. The molecular weight excluding hydrogens is 877 g/mol. The van der Waals surface area contributed by atoms with Crippen LogP contribution in [0.2, 0.25) is 0 Å². The molecule has 0 atom stereocenters. The number of fused-ring (bicyclic) bond motifs is 2. The number of carbonyl (C=O) groups excluding carboxylic acids is 3. The van der Waals surface area contributed by atoms with E-state index < -0.39 is 48.8 Å². The minimum atomic E-state index is -4.48. The topological polar surface area (TPSA) is 162 Å².